The summed E-state index contributed by atoms with van der Waals surface area (Å²) >= 11 is 0. The Kier molecular flexibility index (Phi) is 8.18. The molecule has 0 saturated carbocycles. The van der Waals surface area contributed by atoms with Crippen LogP contribution in [0.1, 0.15) is 52.5 Å². The predicted octanol–water partition coefficient (Wildman–Crippen LogP) is 4.11. The summed E-state index contributed by atoms with van der Waals surface area (Å²) < 4.78 is 0. The molecule has 2 aliphatic heterocycles. The minimum atomic E-state index is 0. The largest absolute Gasteiger partial charge is 0.312 e. The number of carbonyl (C=O) groups is 1. The Morgan fingerprint density at radius 1 is 0.955 bits per heavy atom. The van der Waals surface area contributed by atoms with E-state index in [2.05, 4.69) is 11.8 Å². The van der Waals surface area contributed by atoms with Gasteiger partial charge in [-0.3, -0.25) is 4.79 Å². The van der Waals surface area contributed by atoms with Crippen molar-refractivity contribution in [1.29, 1.82) is 0 Å². The quantitative estimate of drug-likeness (QED) is 0.821. The lowest BCUT2D eigenvalue weighted by molar-refractivity contribution is -0.117. The van der Waals surface area contributed by atoms with Crippen molar-refractivity contribution in [3.05, 3.63) is 29.8 Å². The number of fused-ring (bicyclic) bond motifs is 1. The first kappa shape index (κ1) is 18.7. The number of likely N-dealkylation sites (N-methyl/N-ethyl adjacent to an activating group) is 1. The molecular weight excluding hydrogens is 272 g/mol. The topological polar surface area (TPSA) is 23.6 Å². The van der Waals surface area contributed by atoms with E-state index in [1.54, 1.807) is 0 Å². The van der Waals surface area contributed by atoms with Gasteiger partial charge in [-0.1, -0.05) is 45.4 Å². The van der Waals surface area contributed by atoms with Crippen LogP contribution in [-0.4, -0.2) is 37.0 Å². The summed E-state index contributed by atoms with van der Waals surface area (Å²) in [7, 11) is 0. The maximum Gasteiger partial charge on any atom is 0.231 e. The van der Waals surface area contributed by atoms with Gasteiger partial charge < -0.3 is 9.80 Å². The molecule has 124 valence electrons. The van der Waals surface area contributed by atoms with Gasteiger partial charge in [0.15, 0.2) is 0 Å². The van der Waals surface area contributed by atoms with Crippen LogP contribution in [0.25, 0.3) is 0 Å². The highest BCUT2D eigenvalue weighted by Gasteiger charge is 2.24. The van der Waals surface area contributed by atoms with Crippen LogP contribution in [0.4, 0.5) is 5.69 Å². The molecule has 0 bridgehead atoms. The summed E-state index contributed by atoms with van der Waals surface area (Å²) in [6.07, 6.45) is 6.33. The number of likely N-dealkylation sites (tertiary alicyclic amines) is 1. The van der Waals surface area contributed by atoms with Crippen LogP contribution in [0, 0.1) is 0 Å². The minimum absolute atomic E-state index is 0. The van der Waals surface area contributed by atoms with Crippen molar-refractivity contribution in [1.82, 2.24) is 4.90 Å². The van der Waals surface area contributed by atoms with Gasteiger partial charge in [0, 0.05) is 12.2 Å². The highest BCUT2D eigenvalue weighted by Crippen LogP contribution is 2.27. The van der Waals surface area contributed by atoms with Gasteiger partial charge >= 0.3 is 0 Å². The highest BCUT2D eigenvalue weighted by molar-refractivity contribution is 6.01. The number of carbonyl (C=O) groups excluding carboxylic acids is 1. The molecule has 3 rings (SSSR count). The fourth-order valence-corrected chi connectivity index (χ4v) is 3.12. The van der Waals surface area contributed by atoms with Crippen LogP contribution in [-0.2, 0) is 11.2 Å². The zero-order valence-electron chi connectivity index (χ0n) is 13.5. The molecule has 3 nitrogen and oxygen atoms in total. The van der Waals surface area contributed by atoms with Crippen molar-refractivity contribution in [3.8, 4) is 0 Å². The molecule has 1 saturated heterocycles. The monoisotopic (exact) mass is 304 g/mol. The zero-order valence-corrected chi connectivity index (χ0v) is 13.5. The van der Waals surface area contributed by atoms with E-state index in [9.17, 15) is 4.79 Å². The van der Waals surface area contributed by atoms with Crippen molar-refractivity contribution >= 4 is 11.6 Å². The predicted molar refractivity (Wildman–Crippen MR) is 95.5 cm³/mol. The summed E-state index contributed by atoms with van der Waals surface area (Å²) in [6, 6.07) is 7.97. The average Bonchev–Trinajstić information content (AvgIpc) is 2.68. The van der Waals surface area contributed by atoms with E-state index in [0.717, 1.165) is 17.8 Å². The van der Waals surface area contributed by atoms with E-state index in [0.29, 0.717) is 6.42 Å². The molecule has 1 aromatic carbocycles. The number of benzene rings is 1. The van der Waals surface area contributed by atoms with Crippen molar-refractivity contribution in [2.24, 2.45) is 0 Å². The molecule has 2 aliphatic rings. The molecule has 2 heterocycles. The van der Waals surface area contributed by atoms with E-state index in [-0.39, 0.29) is 13.3 Å². The maximum atomic E-state index is 11.4. The lowest BCUT2D eigenvalue weighted by Gasteiger charge is -2.15. The summed E-state index contributed by atoms with van der Waals surface area (Å²) in [6.45, 7) is 8.97. The first-order valence-electron chi connectivity index (χ1n) is 8.36. The van der Waals surface area contributed by atoms with E-state index >= 15 is 0 Å². The normalized spacial score (nSPS) is 17.9. The smallest absolute Gasteiger partial charge is 0.231 e. The molecule has 22 heavy (non-hydrogen) atoms. The van der Waals surface area contributed by atoms with Crippen LogP contribution < -0.4 is 4.90 Å². The van der Waals surface area contributed by atoms with Gasteiger partial charge in [-0.15, -0.1) is 0 Å². The van der Waals surface area contributed by atoms with Crippen LogP contribution >= 0.6 is 0 Å². The second-order valence-electron chi connectivity index (χ2n) is 5.79. The molecule has 0 atom stereocenters. The standard InChI is InChI=1S/C10H11NO.C8H17N.CH4/c1-2-11-9-6-4-3-5-8(9)7-10(11)12;1-2-9-7-5-3-4-6-8-9;/h3-6H,2,7H2,1H3;2-8H2,1H3;1H4. The molecule has 0 unspecified atom stereocenters. The fourth-order valence-electron chi connectivity index (χ4n) is 3.12. The van der Waals surface area contributed by atoms with Crippen molar-refractivity contribution in [3.63, 3.8) is 0 Å². The molecule has 1 amide bonds. The number of para-hydroxylation sites is 1. The molecule has 0 spiro atoms. The van der Waals surface area contributed by atoms with Gasteiger partial charge in [-0.2, -0.15) is 0 Å². The molecule has 1 aromatic rings. The first-order chi connectivity index (χ1) is 10.3. The number of amides is 1. The first-order valence-corrected chi connectivity index (χ1v) is 8.36. The number of hydrogen-bond donors (Lipinski definition) is 0. The van der Waals surface area contributed by atoms with E-state index in [1.807, 2.05) is 36.1 Å². The molecule has 0 aliphatic carbocycles. The van der Waals surface area contributed by atoms with Crippen LogP contribution in [0.2, 0.25) is 0 Å². The Hall–Kier alpha value is -1.35. The number of nitrogens with zero attached hydrogens (tertiary/aromatic N) is 2. The third-order valence-corrected chi connectivity index (χ3v) is 4.39. The van der Waals surface area contributed by atoms with Crippen LogP contribution in [0.3, 0.4) is 0 Å². The summed E-state index contributed by atoms with van der Waals surface area (Å²) in [5.74, 6) is 0.221. The molecular formula is C19H32N2O. The summed E-state index contributed by atoms with van der Waals surface area (Å²) in [4.78, 5) is 15.8. The van der Waals surface area contributed by atoms with Gasteiger partial charge in [0.25, 0.3) is 0 Å². The Balaban J connectivity index is 0.000000219. The highest BCUT2D eigenvalue weighted by atomic mass is 16.2. The zero-order chi connectivity index (χ0) is 15.1. The van der Waals surface area contributed by atoms with Crippen molar-refractivity contribution in [2.45, 2.75) is 53.4 Å². The van der Waals surface area contributed by atoms with E-state index < -0.39 is 0 Å². The van der Waals surface area contributed by atoms with Crippen LogP contribution in [0.5, 0.6) is 0 Å². The Bertz CT molecular complexity index is 451. The summed E-state index contributed by atoms with van der Waals surface area (Å²) in [5, 5.41) is 0. The molecule has 3 heteroatoms. The third kappa shape index (κ3) is 4.84. The average molecular weight is 304 g/mol. The Morgan fingerprint density at radius 3 is 2.18 bits per heavy atom. The Labute approximate surface area is 136 Å². The van der Waals surface area contributed by atoms with Gasteiger partial charge in [0.05, 0.1) is 6.42 Å². The van der Waals surface area contributed by atoms with E-state index in [1.165, 1.54) is 45.3 Å². The maximum absolute atomic E-state index is 11.4. The SMILES string of the molecule is C.CCN1C(=O)Cc2ccccc21.CCN1CCCCCC1. The van der Waals surface area contributed by atoms with Crippen molar-refractivity contribution in [2.75, 3.05) is 31.1 Å². The lowest BCUT2D eigenvalue weighted by Crippen LogP contribution is -2.25. The number of anilines is 1. The minimum Gasteiger partial charge on any atom is -0.312 e. The second-order valence-corrected chi connectivity index (χ2v) is 5.79. The van der Waals surface area contributed by atoms with Gasteiger partial charge in [0.2, 0.25) is 5.91 Å². The Morgan fingerprint density at radius 2 is 1.59 bits per heavy atom. The molecule has 1 fully saturated rings. The molecule has 0 aromatic heterocycles. The number of rotatable bonds is 2. The van der Waals surface area contributed by atoms with Gasteiger partial charge in [0.1, 0.15) is 0 Å². The van der Waals surface area contributed by atoms with Crippen molar-refractivity contribution < 1.29 is 4.79 Å². The fraction of sp³-hybridized carbons (Fsp3) is 0.632. The van der Waals surface area contributed by atoms with Gasteiger partial charge in [-0.05, 0) is 51.0 Å². The molecule has 0 radical (unpaired) electrons. The van der Waals surface area contributed by atoms with Crippen LogP contribution in [0.15, 0.2) is 24.3 Å². The molecule has 0 N–H and O–H groups in total. The second kappa shape index (κ2) is 9.62. The lowest BCUT2D eigenvalue weighted by atomic mass is 10.2. The van der Waals surface area contributed by atoms with E-state index in [4.69, 9.17) is 0 Å². The number of hydrogen-bond acceptors (Lipinski definition) is 2. The third-order valence-electron chi connectivity index (χ3n) is 4.39. The van der Waals surface area contributed by atoms with Gasteiger partial charge in [-0.25, -0.2) is 0 Å². The summed E-state index contributed by atoms with van der Waals surface area (Å²) in [5.41, 5.74) is 2.24.